The summed E-state index contributed by atoms with van der Waals surface area (Å²) in [7, 11) is -4.78. The fourth-order valence-corrected chi connectivity index (χ4v) is 2.94. The number of nitrogens with zero attached hydrogens (tertiary/aromatic N) is 1. The van der Waals surface area contributed by atoms with Crippen molar-refractivity contribution in [1.29, 1.82) is 0 Å². The Balaban J connectivity index is 0.00000312. The van der Waals surface area contributed by atoms with E-state index in [1.807, 2.05) is 0 Å². The van der Waals surface area contributed by atoms with Crippen LogP contribution in [0.25, 0.3) is 0 Å². The van der Waals surface area contributed by atoms with Crippen molar-refractivity contribution in [3.8, 4) is 5.75 Å². The van der Waals surface area contributed by atoms with Gasteiger partial charge in [0.05, 0.1) is 11.4 Å². The van der Waals surface area contributed by atoms with Crippen molar-refractivity contribution >= 4 is 80.7 Å². The number of hydrogen-bond donors (Lipinski definition) is 1. The smallest absolute Gasteiger partial charge is 0.370 e. The molecule has 2 rings (SSSR count). The third kappa shape index (κ3) is 5.55. The summed E-state index contributed by atoms with van der Waals surface area (Å²) < 4.78 is 35.8. The topological polar surface area (TPSA) is 127 Å². The van der Waals surface area contributed by atoms with E-state index in [-0.39, 0.29) is 45.4 Å². The zero-order valence-electron chi connectivity index (χ0n) is 12.6. The standard InChI is InChI=1S/C12H9Cl2NO8S.Na/c13-6-1-2-8(7(14)3-6)22-5-11(17)23-15-10(16)4-9(12(15)18)24(19,20)21;/h1-3,9H,4-5H2,(H,19,20,21);. The summed E-state index contributed by atoms with van der Waals surface area (Å²) in [5.74, 6) is -3.49. The number of hydroxylamine groups is 2. The van der Waals surface area contributed by atoms with Crippen molar-refractivity contribution in [2.45, 2.75) is 11.7 Å². The summed E-state index contributed by atoms with van der Waals surface area (Å²) in [4.78, 5) is 39.3. The molecule has 25 heavy (non-hydrogen) atoms. The number of hydrogen-bond acceptors (Lipinski definition) is 7. The minimum atomic E-state index is -4.78. The molecule has 13 heteroatoms. The average Bonchev–Trinajstić information content (AvgIpc) is 2.74. The molecule has 131 valence electrons. The van der Waals surface area contributed by atoms with Gasteiger partial charge in [-0.25, -0.2) is 4.79 Å². The van der Waals surface area contributed by atoms with Crippen molar-refractivity contribution < 1.29 is 36.9 Å². The molecule has 1 fully saturated rings. The molecule has 0 aromatic heterocycles. The van der Waals surface area contributed by atoms with E-state index in [9.17, 15) is 22.8 Å². The van der Waals surface area contributed by atoms with Crippen LogP contribution in [0.3, 0.4) is 0 Å². The van der Waals surface area contributed by atoms with Crippen LogP contribution in [0, 0.1) is 0 Å². The summed E-state index contributed by atoms with van der Waals surface area (Å²) in [6.07, 6.45) is -0.825. The van der Waals surface area contributed by atoms with E-state index in [4.69, 9.17) is 32.5 Å². The van der Waals surface area contributed by atoms with Crippen LogP contribution in [0.15, 0.2) is 18.2 Å². The van der Waals surface area contributed by atoms with E-state index in [2.05, 4.69) is 4.84 Å². The number of rotatable bonds is 5. The molecule has 0 saturated carbocycles. The number of carbonyl (C=O) groups excluding carboxylic acids is 3. The number of benzene rings is 1. The zero-order valence-corrected chi connectivity index (χ0v) is 17.0. The van der Waals surface area contributed by atoms with E-state index >= 15 is 0 Å². The van der Waals surface area contributed by atoms with Crippen molar-refractivity contribution in [1.82, 2.24) is 5.06 Å². The predicted octanol–water partition coefficient (Wildman–Crippen LogP) is 0.465. The SMILES string of the molecule is O=C(COc1ccc(Cl)cc1Cl)ON1C(=O)CC(S(=O)(=O)O)C1=O.[Na]. The minimum Gasteiger partial charge on any atom is -0.480 e. The number of imide groups is 1. The predicted molar refractivity (Wildman–Crippen MR) is 85.6 cm³/mol. The van der Waals surface area contributed by atoms with Crippen LogP contribution in [0.1, 0.15) is 6.42 Å². The number of halogens is 2. The summed E-state index contributed by atoms with van der Waals surface area (Å²) in [6, 6.07) is 4.21. The average molecular weight is 421 g/mol. The van der Waals surface area contributed by atoms with Crippen LogP contribution < -0.4 is 4.74 Å². The van der Waals surface area contributed by atoms with Gasteiger partial charge in [0.2, 0.25) is 0 Å². The van der Waals surface area contributed by atoms with Crippen LogP contribution >= 0.6 is 23.2 Å². The van der Waals surface area contributed by atoms with Gasteiger partial charge in [0.25, 0.3) is 21.9 Å². The fraction of sp³-hybridized carbons (Fsp3) is 0.250. The second kappa shape index (κ2) is 8.67. The molecular weight excluding hydrogens is 412 g/mol. The largest absolute Gasteiger partial charge is 0.480 e. The molecule has 0 bridgehead atoms. The first kappa shape index (κ1) is 22.2. The fourth-order valence-electron chi connectivity index (χ4n) is 1.77. The van der Waals surface area contributed by atoms with Gasteiger partial charge in [0, 0.05) is 34.6 Å². The molecule has 1 N–H and O–H groups in total. The molecule has 1 atom stereocenters. The van der Waals surface area contributed by atoms with E-state index in [1.54, 1.807) is 0 Å². The van der Waals surface area contributed by atoms with Gasteiger partial charge in [-0.15, -0.1) is 5.06 Å². The summed E-state index contributed by atoms with van der Waals surface area (Å²) in [5.41, 5.74) is 0. The van der Waals surface area contributed by atoms with Crippen LogP contribution in [-0.4, -0.2) is 77.2 Å². The van der Waals surface area contributed by atoms with Gasteiger partial charge in [-0.3, -0.25) is 14.1 Å². The molecule has 1 aromatic rings. The van der Waals surface area contributed by atoms with Gasteiger partial charge in [-0.2, -0.15) is 8.42 Å². The molecule has 1 aromatic carbocycles. The Kier molecular flexibility index (Phi) is 7.69. The zero-order chi connectivity index (χ0) is 18.1. The van der Waals surface area contributed by atoms with Gasteiger partial charge in [-0.05, 0) is 18.2 Å². The maximum atomic E-state index is 11.7. The van der Waals surface area contributed by atoms with Gasteiger partial charge >= 0.3 is 5.97 Å². The van der Waals surface area contributed by atoms with E-state index in [1.165, 1.54) is 18.2 Å². The Morgan fingerprint density at radius 2 is 1.96 bits per heavy atom. The van der Waals surface area contributed by atoms with E-state index < -0.39 is 46.2 Å². The third-order valence-electron chi connectivity index (χ3n) is 2.85. The Hall–Kier alpha value is -0.880. The Labute approximate surface area is 174 Å². The van der Waals surface area contributed by atoms with Crippen molar-refractivity contribution in [3.63, 3.8) is 0 Å². The molecule has 0 spiro atoms. The van der Waals surface area contributed by atoms with E-state index in [0.29, 0.717) is 5.02 Å². The minimum absolute atomic E-state index is 0. The molecule has 1 aliphatic rings. The number of amides is 2. The third-order valence-corrected chi connectivity index (χ3v) is 4.47. The second-order valence-corrected chi connectivity index (χ2v) is 7.00. The summed E-state index contributed by atoms with van der Waals surface area (Å²) in [5, 5.41) is -1.55. The Morgan fingerprint density at radius 1 is 1.32 bits per heavy atom. The summed E-state index contributed by atoms with van der Waals surface area (Å²) in [6.45, 7) is -0.713. The van der Waals surface area contributed by atoms with Crippen LogP contribution in [-0.2, 0) is 29.3 Å². The molecule has 9 nitrogen and oxygen atoms in total. The van der Waals surface area contributed by atoms with Gasteiger partial charge < -0.3 is 9.57 Å². The molecular formula is C12H9Cl2NNaO8S. The number of carbonyl (C=O) groups is 3. The number of ether oxygens (including phenoxy) is 1. The molecule has 2 amide bonds. The maximum absolute atomic E-state index is 11.7. The van der Waals surface area contributed by atoms with Crippen LogP contribution in [0.5, 0.6) is 5.75 Å². The Morgan fingerprint density at radius 3 is 2.48 bits per heavy atom. The summed E-state index contributed by atoms with van der Waals surface area (Å²) >= 11 is 11.5. The molecule has 0 aliphatic carbocycles. The first-order chi connectivity index (χ1) is 11.1. The van der Waals surface area contributed by atoms with Crippen LogP contribution in [0.2, 0.25) is 10.0 Å². The normalized spacial score (nSPS) is 17.2. The quantitative estimate of drug-likeness (QED) is 0.413. The maximum Gasteiger partial charge on any atom is 0.370 e. The van der Waals surface area contributed by atoms with Crippen molar-refractivity contribution in [2.24, 2.45) is 0 Å². The second-order valence-electron chi connectivity index (χ2n) is 4.56. The van der Waals surface area contributed by atoms with Crippen molar-refractivity contribution in [2.75, 3.05) is 6.61 Å². The van der Waals surface area contributed by atoms with Gasteiger partial charge in [-0.1, -0.05) is 23.2 Å². The van der Waals surface area contributed by atoms with Crippen molar-refractivity contribution in [3.05, 3.63) is 28.2 Å². The molecule has 1 heterocycles. The first-order valence-electron chi connectivity index (χ1n) is 6.21. The molecule has 1 radical (unpaired) electrons. The molecule has 1 aliphatic heterocycles. The first-order valence-corrected chi connectivity index (χ1v) is 8.47. The Bertz CT molecular complexity index is 815. The van der Waals surface area contributed by atoms with Crippen LogP contribution in [0.4, 0.5) is 0 Å². The molecule has 1 unspecified atom stereocenters. The monoisotopic (exact) mass is 420 g/mol. The van der Waals surface area contributed by atoms with Gasteiger partial charge in [0.15, 0.2) is 11.9 Å². The molecule has 1 saturated heterocycles. The van der Waals surface area contributed by atoms with E-state index in [0.717, 1.165) is 0 Å². The van der Waals surface area contributed by atoms with Gasteiger partial charge in [0.1, 0.15) is 5.75 Å².